The maximum Gasteiger partial charge on any atom is 0.138 e. The summed E-state index contributed by atoms with van der Waals surface area (Å²) in [7, 11) is 0. The molecule has 18 heavy (non-hydrogen) atoms. The number of ether oxygens (including phenoxy) is 1. The Bertz CT molecular complexity index is 669. The molecule has 0 bridgehead atoms. The Morgan fingerprint density at radius 2 is 1.78 bits per heavy atom. The third kappa shape index (κ3) is 2.12. The predicted octanol–water partition coefficient (Wildman–Crippen LogP) is 4.79. The van der Waals surface area contributed by atoms with E-state index in [1.165, 1.54) is 21.2 Å². The van der Waals surface area contributed by atoms with Crippen molar-refractivity contribution in [2.45, 2.75) is 13.5 Å². The molecule has 0 spiro atoms. The molecule has 1 nitrogen and oxygen atoms in total. The first-order valence-corrected chi connectivity index (χ1v) is 6.86. The molecule has 0 unspecified atom stereocenters. The van der Waals surface area contributed by atoms with Crippen LogP contribution in [0.2, 0.25) is 0 Å². The molecule has 0 N–H and O–H groups in total. The number of rotatable bonds is 3. The van der Waals surface area contributed by atoms with Crippen LogP contribution in [0, 0.1) is 6.92 Å². The number of aryl methyl sites for hydroxylation is 1. The van der Waals surface area contributed by atoms with Gasteiger partial charge in [0, 0.05) is 15.5 Å². The molecule has 0 amide bonds. The molecule has 0 aliphatic carbocycles. The SMILES string of the molecule is Cc1ccccc1COc1csc2ccccc12. The minimum atomic E-state index is 0.632. The fraction of sp³-hybridized carbons (Fsp3) is 0.125. The number of thiophene rings is 1. The van der Waals surface area contributed by atoms with Crippen LogP contribution in [0.5, 0.6) is 5.75 Å². The van der Waals surface area contributed by atoms with E-state index in [0.717, 1.165) is 5.75 Å². The molecule has 3 aromatic rings. The third-order valence-corrected chi connectivity index (χ3v) is 4.03. The van der Waals surface area contributed by atoms with Crippen LogP contribution in [0.3, 0.4) is 0 Å². The van der Waals surface area contributed by atoms with Crippen molar-refractivity contribution in [2.75, 3.05) is 0 Å². The number of fused-ring (bicyclic) bond motifs is 1. The lowest BCUT2D eigenvalue weighted by Gasteiger charge is -2.07. The van der Waals surface area contributed by atoms with Gasteiger partial charge in [-0.25, -0.2) is 0 Å². The van der Waals surface area contributed by atoms with E-state index in [2.05, 4.69) is 60.8 Å². The standard InChI is InChI=1S/C16H14OS/c1-12-6-2-3-7-13(12)10-17-15-11-18-16-9-5-4-8-14(15)16/h2-9,11H,10H2,1H3. The Morgan fingerprint density at radius 1 is 1.00 bits per heavy atom. The Hall–Kier alpha value is -1.80. The maximum absolute atomic E-state index is 5.94. The average Bonchev–Trinajstić information content (AvgIpc) is 2.81. The summed E-state index contributed by atoms with van der Waals surface area (Å²) in [6.45, 7) is 2.75. The van der Waals surface area contributed by atoms with Gasteiger partial charge in [0.25, 0.3) is 0 Å². The van der Waals surface area contributed by atoms with Crippen molar-refractivity contribution in [3.05, 3.63) is 65.0 Å². The van der Waals surface area contributed by atoms with Crippen LogP contribution in [0.4, 0.5) is 0 Å². The summed E-state index contributed by atoms with van der Waals surface area (Å²) in [4.78, 5) is 0. The van der Waals surface area contributed by atoms with Gasteiger partial charge >= 0.3 is 0 Å². The number of hydrogen-bond donors (Lipinski definition) is 0. The lowest BCUT2D eigenvalue weighted by atomic mass is 10.1. The summed E-state index contributed by atoms with van der Waals surface area (Å²) < 4.78 is 7.21. The minimum Gasteiger partial charge on any atom is -0.487 e. The van der Waals surface area contributed by atoms with E-state index in [1.807, 2.05) is 0 Å². The fourth-order valence-electron chi connectivity index (χ4n) is 1.99. The highest BCUT2D eigenvalue weighted by Crippen LogP contribution is 2.32. The molecule has 3 rings (SSSR count). The van der Waals surface area contributed by atoms with Crippen molar-refractivity contribution in [2.24, 2.45) is 0 Å². The van der Waals surface area contributed by atoms with Gasteiger partial charge in [-0.1, -0.05) is 36.4 Å². The van der Waals surface area contributed by atoms with Crippen molar-refractivity contribution in [1.82, 2.24) is 0 Å². The Labute approximate surface area is 111 Å². The number of benzene rings is 2. The molecule has 0 atom stereocenters. The van der Waals surface area contributed by atoms with Crippen LogP contribution < -0.4 is 4.74 Å². The first kappa shape index (κ1) is 11.3. The fourth-order valence-corrected chi connectivity index (χ4v) is 2.87. The van der Waals surface area contributed by atoms with Gasteiger partial charge in [-0.15, -0.1) is 11.3 Å². The highest BCUT2D eigenvalue weighted by molar-refractivity contribution is 7.17. The van der Waals surface area contributed by atoms with Gasteiger partial charge in [-0.2, -0.15) is 0 Å². The van der Waals surface area contributed by atoms with Gasteiger partial charge < -0.3 is 4.74 Å². The summed E-state index contributed by atoms with van der Waals surface area (Å²) in [5.41, 5.74) is 2.52. The molecule has 0 saturated heterocycles. The molecular formula is C16H14OS. The van der Waals surface area contributed by atoms with Gasteiger partial charge in [0.05, 0.1) is 0 Å². The van der Waals surface area contributed by atoms with E-state index >= 15 is 0 Å². The van der Waals surface area contributed by atoms with E-state index < -0.39 is 0 Å². The average molecular weight is 254 g/mol. The molecule has 0 radical (unpaired) electrons. The quantitative estimate of drug-likeness (QED) is 0.653. The molecule has 2 heteroatoms. The van der Waals surface area contributed by atoms with Gasteiger partial charge in [-0.05, 0) is 30.2 Å². The summed E-state index contributed by atoms with van der Waals surface area (Å²) in [6, 6.07) is 16.7. The van der Waals surface area contributed by atoms with Crippen LogP contribution in [0.1, 0.15) is 11.1 Å². The van der Waals surface area contributed by atoms with Gasteiger partial charge in [-0.3, -0.25) is 0 Å². The number of hydrogen-bond acceptors (Lipinski definition) is 2. The zero-order valence-corrected chi connectivity index (χ0v) is 11.0. The minimum absolute atomic E-state index is 0.632. The van der Waals surface area contributed by atoms with Gasteiger partial charge in [0.2, 0.25) is 0 Å². The summed E-state index contributed by atoms with van der Waals surface area (Å²) in [6.07, 6.45) is 0. The smallest absolute Gasteiger partial charge is 0.138 e. The first-order valence-electron chi connectivity index (χ1n) is 5.98. The normalized spacial score (nSPS) is 10.7. The first-order chi connectivity index (χ1) is 8.84. The van der Waals surface area contributed by atoms with Crippen LogP contribution in [-0.4, -0.2) is 0 Å². The summed E-state index contributed by atoms with van der Waals surface area (Å²) in [5, 5.41) is 3.29. The molecule has 1 aromatic heterocycles. The molecule has 0 fully saturated rings. The van der Waals surface area contributed by atoms with Crippen molar-refractivity contribution in [3.63, 3.8) is 0 Å². The topological polar surface area (TPSA) is 9.23 Å². The Kier molecular flexibility index (Phi) is 3.03. The second-order valence-electron chi connectivity index (χ2n) is 4.31. The lowest BCUT2D eigenvalue weighted by Crippen LogP contribution is -1.96. The van der Waals surface area contributed by atoms with Crippen LogP contribution in [0.25, 0.3) is 10.1 Å². The Morgan fingerprint density at radius 3 is 2.67 bits per heavy atom. The van der Waals surface area contributed by atoms with Crippen LogP contribution >= 0.6 is 11.3 Å². The van der Waals surface area contributed by atoms with Crippen LogP contribution in [-0.2, 0) is 6.61 Å². The molecular weight excluding hydrogens is 240 g/mol. The molecule has 0 aliphatic heterocycles. The largest absolute Gasteiger partial charge is 0.487 e. The van der Waals surface area contributed by atoms with Crippen molar-refractivity contribution in [1.29, 1.82) is 0 Å². The third-order valence-electron chi connectivity index (χ3n) is 3.09. The second-order valence-corrected chi connectivity index (χ2v) is 5.22. The van der Waals surface area contributed by atoms with Crippen molar-refractivity contribution < 1.29 is 4.74 Å². The predicted molar refractivity (Wildman–Crippen MR) is 77.3 cm³/mol. The van der Waals surface area contributed by atoms with E-state index in [-0.39, 0.29) is 0 Å². The van der Waals surface area contributed by atoms with E-state index in [0.29, 0.717) is 6.61 Å². The Balaban J connectivity index is 1.83. The van der Waals surface area contributed by atoms with Gasteiger partial charge in [0.15, 0.2) is 0 Å². The van der Waals surface area contributed by atoms with Crippen LogP contribution in [0.15, 0.2) is 53.9 Å². The zero-order chi connectivity index (χ0) is 12.4. The lowest BCUT2D eigenvalue weighted by molar-refractivity contribution is 0.310. The molecule has 1 heterocycles. The molecule has 2 aromatic carbocycles. The summed E-state index contributed by atoms with van der Waals surface area (Å²) >= 11 is 1.73. The summed E-state index contributed by atoms with van der Waals surface area (Å²) in [5.74, 6) is 0.985. The van der Waals surface area contributed by atoms with Crippen molar-refractivity contribution in [3.8, 4) is 5.75 Å². The van der Waals surface area contributed by atoms with Crippen molar-refractivity contribution >= 4 is 21.4 Å². The molecule has 0 saturated carbocycles. The zero-order valence-electron chi connectivity index (χ0n) is 10.2. The highest BCUT2D eigenvalue weighted by atomic mass is 32.1. The van der Waals surface area contributed by atoms with E-state index in [9.17, 15) is 0 Å². The highest BCUT2D eigenvalue weighted by Gasteiger charge is 2.05. The molecule has 90 valence electrons. The van der Waals surface area contributed by atoms with Gasteiger partial charge in [0.1, 0.15) is 12.4 Å². The second kappa shape index (κ2) is 4.83. The van der Waals surface area contributed by atoms with E-state index in [4.69, 9.17) is 4.74 Å². The van der Waals surface area contributed by atoms with E-state index in [1.54, 1.807) is 11.3 Å². The monoisotopic (exact) mass is 254 g/mol. The molecule has 0 aliphatic rings. The maximum atomic E-state index is 5.94.